The molecule has 1 heterocycles. The molecule has 0 radical (unpaired) electrons. The van der Waals surface area contributed by atoms with Crippen molar-refractivity contribution in [3.05, 3.63) is 59.2 Å². The molecule has 1 fully saturated rings. The summed E-state index contributed by atoms with van der Waals surface area (Å²) in [5.74, 6) is 0.268. The number of piperidine rings is 1. The second kappa shape index (κ2) is 7.98. The topological polar surface area (TPSA) is 32.3 Å². The molecule has 0 spiro atoms. The Hall–Kier alpha value is -2.32. The molecule has 31 heavy (non-hydrogen) atoms. The molecule has 3 aromatic carbocycles. The van der Waals surface area contributed by atoms with Crippen LogP contribution in [0.5, 0.6) is 0 Å². The average Bonchev–Trinajstić information content (AvgIpc) is 2.71. The van der Waals surface area contributed by atoms with Gasteiger partial charge in [-0.15, -0.1) is 0 Å². The summed E-state index contributed by atoms with van der Waals surface area (Å²) in [5, 5.41) is 15.0. The lowest BCUT2D eigenvalue weighted by atomic mass is 9.86. The summed E-state index contributed by atoms with van der Waals surface area (Å²) in [6, 6.07) is 7.65. The number of hydrogen-bond donors (Lipinski definition) is 2. The average molecular weight is 441 g/mol. The van der Waals surface area contributed by atoms with Gasteiger partial charge >= 0.3 is 12.4 Å². The number of aliphatic hydroxyl groups excluding tert-OH is 1. The summed E-state index contributed by atoms with van der Waals surface area (Å²) in [7, 11) is 0. The molecule has 166 valence electrons. The fourth-order valence-electron chi connectivity index (χ4n) is 4.37. The molecule has 1 atom stereocenters. The van der Waals surface area contributed by atoms with Gasteiger partial charge in [-0.2, -0.15) is 26.3 Å². The third-order valence-corrected chi connectivity index (χ3v) is 6.01. The number of alkyl halides is 6. The van der Waals surface area contributed by atoms with E-state index in [1.165, 1.54) is 12.1 Å². The fraction of sp³-hybridized carbons (Fsp3) is 0.391. The van der Waals surface area contributed by atoms with E-state index < -0.39 is 29.6 Å². The Morgan fingerprint density at radius 2 is 1.39 bits per heavy atom. The van der Waals surface area contributed by atoms with E-state index >= 15 is 0 Å². The number of halogens is 6. The molecule has 1 saturated heterocycles. The SMILES string of the molecule is OC(CC1CCNCC1)c1cc2ccc(C(F)(F)F)cc2c2cc(C(F)(F)F)ccc12. The summed E-state index contributed by atoms with van der Waals surface area (Å²) in [5.41, 5.74) is -1.43. The van der Waals surface area contributed by atoms with Crippen molar-refractivity contribution >= 4 is 21.5 Å². The summed E-state index contributed by atoms with van der Waals surface area (Å²) in [6.45, 7) is 1.68. The van der Waals surface area contributed by atoms with Gasteiger partial charge in [0, 0.05) is 0 Å². The zero-order chi connectivity index (χ0) is 22.4. The van der Waals surface area contributed by atoms with Crippen LogP contribution in [0, 0.1) is 5.92 Å². The molecule has 1 aliphatic rings. The quantitative estimate of drug-likeness (QED) is 0.362. The highest BCUT2D eigenvalue weighted by Crippen LogP contribution is 2.40. The zero-order valence-electron chi connectivity index (χ0n) is 16.4. The number of hydrogen-bond acceptors (Lipinski definition) is 2. The fourth-order valence-corrected chi connectivity index (χ4v) is 4.37. The molecule has 0 saturated carbocycles. The largest absolute Gasteiger partial charge is 0.416 e. The van der Waals surface area contributed by atoms with Crippen molar-refractivity contribution in [3.8, 4) is 0 Å². The molecular weight excluding hydrogens is 420 g/mol. The van der Waals surface area contributed by atoms with Crippen molar-refractivity contribution in [1.82, 2.24) is 5.32 Å². The molecule has 3 aromatic rings. The first-order valence-corrected chi connectivity index (χ1v) is 10.1. The first kappa shape index (κ1) is 21.9. The van der Waals surface area contributed by atoms with Gasteiger partial charge in [0.25, 0.3) is 0 Å². The van der Waals surface area contributed by atoms with Crippen LogP contribution >= 0.6 is 0 Å². The number of benzene rings is 3. The van der Waals surface area contributed by atoms with Gasteiger partial charge in [0.1, 0.15) is 0 Å². The first-order valence-electron chi connectivity index (χ1n) is 10.1. The molecule has 8 heteroatoms. The van der Waals surface area contributed by atoms with Gasteiger partial charge in [0.2, 0.25) is 0 Å². The van der Waals surface area contributed by atoms with Crippen molar-refractivity contribution < 1.29 is 31.4 Å². The molecule has 0 bridgehead atoms. The lowest BCUT2D eigenvalue weighted by Crippen LogP contribution is -2.28. The smallest absolute Gasteiger partial charge is 0.388 e. The van der Waals surface area contributed by atoms with E-state index in [0.29, 0.717) is 22.8 Å². The molecule has 0 aromatic heterocycles. The van der Waals surface area contributed by atoms with E-state index in [4.69, 9.17) is 0 Å². The Labute approximate surface area is 174 Å². The van der Waals surface area contributed by atoms with Crippen LogP contribution in [-0.4, -0.2) is 18.2 Å². The first-order chi connectivity index (χ1) is 14.5. The standard InChI is InChI=1S/C23H21F6NO/c24-22(25,26)15-2-1-14-10-20(21(31)9-13-5-7-30-8-6-13)17-4-3-16(23(27,28)29)12-19(17)18(14)11-15/h1-4,10-13,21,30-31H,5-9H2. The normalized spacial score (nSPS) is 17.4. The summed E-state index contributed by atoms with van der Waals surface area (Å²) in [6.07, 6.45) is -7.95. The van der Waals surface area contributed by atoms with Gasteiger partial charge in [0.15, 0.2) is 0 Å². The van der Waals surface area contributed by atoms with Crippen molar-refractivity contribution in [1.29, 1.82) is 0 Å². The molecule has 1 unspecified atom stereocenters. The lowest BCUT2D eigenvalue weighted by Gasteiger charge is -2.26. The van der Waals surface area contributed by atoms with E-state index in [1.807, 2.05) is 0 Å². The highest BCUT2D eigenvalue weighted by atomic mass is 19.4. The summed E-state index contributed by atoms with van der Waals surface area (Å²) < 4.78 is 79.6. The molecule has 1 aliphatic heterocycles. The minimum absolute atomic E-state index is 0.0535. The Balaban J connectivity index is 1.89. The minimum atomic E-state index is -4.63. The van der Waals surface area contributed by atoms with E-state index in [9.17, 15) is 31.4 Å². The lowest BCUT2D eigenvalue weighted by molar-refractivity contribution is -0.138. The molecule has 2 N–H and O–H groups in total. The maximum absolute atomic E-state index is 13.3. The van der Waals surface area contributed by atoms with Crippen LogP contribution in [0.1, 0.15) is 42.1 Å². The van der Waals surface area contributed by atoms with Gasteiger partial charge in [-0.1, -0.05) is 12.1 Å². The van der Waals surface area contributed by atoms with E-state index in [0.717, 1.165) is 50.2 Å². The van der Waals surface area contributed by atoms with Crippen molar-refractivity contribution in [2.24, 2.45) is 5.92 Å². The van der Waals surface area contributed by atoms with Crippen molar-refractivity contribution in [2.75, 3.05) is 13.1 Å². The van der Waals surface area contributed by atoms with E-state index in [1.54, 1.807) is 6.07 Å². The summed E-state index contributed by atoms with van der Waals surface area (Å²) >= 11 is 0. The number of rotatable bonds is 3. The van der Waals surface area contributed by atoms with Gasteiger partial charge in [-0.3, -0.25) is 0 Å². The second-order valence-electron chi connectivity index (χ2n) is 8.10. The summed E-state index contributed by atoms with van der Waals surface area (Å²) in [4.78, 5) is 0. The van der Waals surface area contributed by atoms with Gasteiger partial charge < -0.3 is 10.4 Å². The maximum atomic E-state index is 13.3. The van der Waals surface area contributed by atoms with Crippen molar-refractivity contribution in [2.45, 2.75) is 37.7 Å². The van der Waals surface area contributed by atoms with Crippen LogP contribution in [0.25, 0.3) is 21.5 Å². The minimum Gasteiger partial charge on any atom is -0.388 e. The van der Waals surface area contributed by atoms with Crippen LogP contribution < -0.4 is 5.32 Å². The Bertz CT molecular complexity index is 1100. The molecular formula is C23H21F6NO. The zero-order valence-corrected chi connectivity index (χ0v) is 16.4. The molecule has 2 nitrogen and oxygen atoms in total. The molecule has 0 aliphatic carbocycles. The monoisotopic (exact) mass is 441 g/mol. The number of nitrogens with one attached hydrogen (secondary N) is 1. The van der Waals surface area contributed by atoms with E-state index in [2.05, 4.69) is 5.32 Å². The van der Waals surface area contributed by atoms with Crippen LogP contribution in [0.2, 0.25) is 0 Å². The van der Waals surface area contributed by atoms with Crippen LogP contribution in [0.4, 0.5) is 26.3 Å². The Morgan fingerprint density at radius 1 is 0.806 bits per heavy atom. The van der Waals surface area contributed by atoms with Gasteiger partial charge in [-0.05, 0) is 95.7 Å². The number of aliphatic hydroxyl groups is 1. The van der Waals surface area contributed by atoms with Crippen molar-refractivity contribution in [3.63, 3.8) is 0 Å². The van der Waals surface area contributed by atoms with Crippen LogP contribution in [0.3, 0.4) is 0 Å². The second-order valence-corrected chi connectivity index (χ2v) is 8.10. The molecule has 0 amide bonds. The van der Waals surface area contributed by atoms with Crippen LogP contribution in [0.15, 0.2) is 42.5 Å². The van der Waals surface area contributed by atoms with Crippen LogP contribution in [-0.2, 0) is 12.4 Å². The van der Waals surface area contributed by atoms with E-state index in [-0.39, 0.29) is 16.7 Å². The predicted octanol–water partition coefficient (Wildman–Crippen LogP) is 6.45. The highest BCUT2D eigenvalue weighted by Gasteiger charge is 2.33. The Morgan fingerprint density at radius 3 is 2.00 bits per heavy atom. The third kappa shape index (κ3) is 4.50. The Kier molecular flexibility index (Phi) is 5.64. The van der Waals surface area contributed by atoms with Gasteiger partial charge in [-0.25, -0.2) is 0 Å². The number of fused-ring (bicyclic) bond motifs is 3. The maximum Gasteiger partial charge on any atom is 0.416 e. The predicted molar refractivity (Wildman–Crippen MR) is 107 cm³/mol. The third-order valence-electron chi connectivity index (χ3n) is 6.01. The highest BCUT2D eigenvalue weighted by molar-refractivity contribution is 6.09. The van der Waals surface area contributed by atoms with Gasteiger partial charge in [0.05, 0.1) is 17.2 Å². The molecule has 4 rings (SSSR count).